The molecule has 1 aromatic heterocycles. The molecule has 0 unspecified atom stereocenters. The SMILES string of the molecule is Cl.Cl.Cl.c1cnnc(N2CCNCC2)c1. The zero-order valence-electron chi connectivity index (χ0n) is 8.13. The summed E-state index contributed by atoms with van der Waals surface area (Å²) in [6, 6.07) is 3.92. The fourth-order valence-corrected chi connectivity index (χ4v) is 1.36. The Kier molecular flexibility index (Phi) is 10.2. The van der Waals surface area contributed by atoms with Crippen molar-refractivity contribution in [2.24, 2.45) is 0 Å². The quantitative estimate of drug-likeness (QED) is 0.833. The standard InChI is InChI=1S/C8H12N4.3ClH/c1-2-8(11-10-3-1)12-6-4-9-5-7-12;;;/h1-3,9H,4-7H2;3*1H. The summed E-state index contributed by atoms with van der Waals surface area (Å²) in [5, 5.41) is 11.2. The van der Waals surface area contributed by atoms with Gasteiger partial charge in [0.05, 0.1) is 0 Å². The van der Waals surface area contributed by atoms with E-state index in [0.29, 0.717) is 0 Å². The molecule has 2 heterocycles. The number of hydrogen-bond donors (Lipinski definition) is 1. The van der Waals surface area contributed by atoms with Crippen LogP contribution in [0.15, 0.2) is 18.3 Å². The molecule has 0 aromatic carbocycles. The molecule has 1 fully saturated rings. The van der Waals surface area contributed by atoms with Gasteiger partial charge in [0.25, 0.3) is 0 Å². The van der Waals surface area contributed by atoms with Crippen molar-refractivity contribution in [1.82, 2.24) is 15.5 Å². The molecule has 0 amide bonds. The molecular formula is C8H15Cl3N4. The van der Waals surface area contributed by atoms with Gasteiger partial charge in [0.1, 0.15) is 0 Å². The first-order valence-electron chi connectivity index (χ1n) is 4.20. The van der Waals surface area contributed by atoms with Gasteiger partial charge in [0, 0.05) is 32.4 Å². The minimum atomic E-state index is 0. The van der Waals surface area contributed by atoms with Crippen molar-refractivity contribution in [1.29, 1.82) is 0 Å². The first-order valence-corrected chi connectivity index (χ1v) is 4.20. The largest absolute Gasteiger partial charge is 0.353 e. The van der Waals surface area contributed by atoms with Gasteiger partial charge in [-0.3, -0.25) is 0 Å². The van der Waals surface area contributed by atoms with Crippen LogP contribution >= 0.6 is 37.2 Å². The number of hydrogen-bond acceptors (Lipinski definition) is 4. The summed E-state index contributed by atoms with van der Waals surface area (Å²) in [7, 11) is 0. The van der Waals surface area contributed by atoms with Crippen LogP contribution in [0.4, 0.5) is 5.82 Å². The van der Waals surface area contributed by atoms with Crippen LogP contribution < -0.4 is 10.2 Å². The van der Waals surface area contributed by atoms with E-state index >= 15 is 0 Å². The Morgan fingerprint density at radius 3 is 2.33 bits per heavy atom. The van der Waals surface area contributed by atoms with Crippen LogP contribution in [-0.4, -0.2) is 36.4 Å². The van der Waals surface area contributed by atoms with Gasteiger partial charge >= 0.3 is 0 Å². The normalized spacial score (nSPS) is 14.3. The van der Waals surface area contributed by atoms with E-state index in [4.69, 9.17) is 0 Å². The predicted molar refractivity (Wildman–Crippen MR) is 68.9 cm³/mol. The van der Waals surface area contributed by atoms with E-state index in [1.807, 2.05) is 12.1 Å². The van der Waals surface area contributed by atoms with Gasteiger partial charge < -0.3 is 10.2 Å². The maximum absolute atomic E-state index is 4.05. The Hall–Kier alpha value is -0.290. The van der Waals surface area contributed by atoms with Crippen molar-refractivity contribution in [3.63, 3.8) is 0 Å². The van der Waals surface area contributed by atoms with Crippen molar-refractivity contribution < 1.29 is 0 Å². The Labute approximate surface area is 108 Å². The summed E-state index contributed by atoms with van der Waals surface area (Å²) in [5.41, 5.74) is 0. The average molecular weight is 274 g/mol. The topological polar surface area (TPSA) is 41.1 Å². The Balaban J connectivity index is 0. The number of anilines is 1. The molecule has 1 N–H and O–H groups in total. The molecule has 1 aliphatic heterocycles. The van der Waals surface area contributed by atoms with Gasteiger partial charge in [-0.25, -0.2) is 0 Å². The summed E-state index contributed by atoms with van der Waals surface area (Å²) in [6.45, 7) is 4.13. The first-order chi connectivity index (χ1) is 5.97. The number of nitrogens with one attached hydrogen (secondary N) is 1. The smallest absolute Gasteiger partial charge is 0.151 e. The minimum Gasteiger partial charge on any atom is -0.353 e. The molecule has 4 nitrogen and oxygen atoms in total. The van der Waals surface area contributed by atoms with Gasteiger partial charge in [-0.15, -0.1) is 42.3 Å². The van der Waals surface area contributed by atoms with Crippen LogP contribution in [0.2, 0.25) is 0 Å². The first kappa shape index (κ1) is 17.1. The maximum atomic E-state index is 4.05. The lowest BCUT2D eigenvalue weighted by Gasteiger charge is -2.27. The van der Waals surface area contributed by atoms with Gasteiger partial charge in [0.15, 0.2) is 5.82 Å². The van der Waals surface area contributed by atoms with E-state index in [0.717, 1.165) is 32.0 Å². The number of halogens is 3. The van der Waals surface area contributed by atoms with E-state index in [-0.39, 0.29) is 37.2 Å². The monoisotopic (exact) mass is 272 g/mol. The average Bonchev–Trinajstić information content (AvgIpc) is 2.21. The van der Waals surface area contributed by atoms with Crippen molar-refractivity contribution in [3.8, 4) is 0 Å². The summed E-state index contributed by atoms with van der Waals surface area (Å²) < 4.78 is 0. The number of nitrogens with zero attached hydrogens (tertiary/aromatic N) is 3. The molecule has 1 aliphatic rings. The summed E-state index contributed by atoms with van der Waals surface area (Å²) >= 11 is 0. The highest BCUT2D eigenvalue weighted by Crippen LogP contribution is 2.07. The summed E-state index contributed by atoms with van der Waals surface area (Å²) in [5.74, 6) is 0.985. The molecule has 7 heteroatoms. The van der Waals surface area contributed by atoms with Crippen molar-refractivity contribution in [2.75, 3.05) is 31.1 Å². The Bertz CT molecular complexity index is 241. The Morgan fingerprint density at radius 1 is 1.13 bits per heavy atom. The van der Waals surface area contributed by atoms with Gasteiger partial charge in [-0.2, -0.15) is 5.10 Å². The highest BCUT2D eigenvalue weighted by Gasteiger charge is 2.10. The third kappa shape index (κ3) is 4.84. The molecule has 0 atom stereocenters. The molecule has 88 valence electrons. The van der Waals surface area contributed by atoms with Crippen LogP contribution in [0.1, 0.15) is 0 Å². The van der Waals surface area contributed by atoms with E-state index in [1.54, 1.807) is 6.20 Å². The zero-order valence-corrected chi connectivity index (χ0v) is 10.6. The fourth-order valence-electron chi connectivity index (χ4n) is 1.36. The third-order valence-electron chi connectivity index (χ3n) is 2.00. The second kappa shape index (κ2) is 8.97. The van der Waals surface area contributed by atoms with E-state index < -0.39 is 0 Å². The molecule has 1 saturated heterocycles. The highest BCUT2D eigenvalue weighted by molar-refractivity contribution is 5.86. The predicted octanol–water partition coefficient (Wildman–Crippen LogP) is 1.15. The molecule has 0 aliphatic carbocycles. The molecule has 1 aromatic rings. The lowest BCUT2D eigenvalue weighted by atomic mass is 10.3. The fraction of sp³-hybridized carbons (Fsp3) is 0.500. The highest BCUT2D eigenvalue weighted by atomic mass is 35.5. The van der Waals surface area contributed by atoms with Crippen LogP contribution in [0.3, 0.4) is 0 Å². The molecule has 0 spiro atoms. The van der Waals surface area contributed by atoms with Crippen molar-refractivity contribution in [3.05, 3.63) is 18.3 Å². The van der Waals surface area contributed by atoms with Crippen LogP contribution in [0, 0.1) is 0 Å². The lowest BCUT2D eigenvalue weighted by molar-refractivity contribution is 0.582. The molecular weight excluding hydrogens is 258 g/mol. The number of rotatable bonds is 1. The van der Waals surface area contributed by atoms with E-state index in [9.17, 15) is 0 Å². The second-order valence-corrected chi connectivity index (χ2v) is 2.82. The zero-order chi connectivity index (χ0) is 8.23. The summed E-state index contributed by atoms with van der Waals surface area (Å²) in [4.78, 5) is 2.24. The van der Waals surface area contributed by atoms with Gasteiger partial charge in [0.2, 0.25) is 0 Å². The van der Waals surface area contributed by atoms with Crippen LogP contribution in [-0.2, 0) is 0 Å². The molecule has 2 rings (SSSR count). The molecule has 0 bridgehead atoms. The molecule has 0 radical (unpaired) electrons. The van der Waals surface area contributed by atoms with Crippen LogP contribution in [0.25, 0.3) is 0 Å². The van der Waals surface area contributed by atoms with Gasteiger partial charge in [-0.1, -0.05) is 0 Å². The Morgan fingerprint density at radius 2 is 1.80 bits per heavy atom. The minimum absolute atomic E-state index is 0. The molecule has 0 saturated carbocycles. The second-order valence-electron chi connectivity index (χ2n) is 2.82. The van der Waals surface area contributed by atoms with Crippen molar-refractivity contribution >= 4 is 43.0 Å². The van der Waals surface area contributed by atoms with Crippen LogP contribution in [0.5, 0.6) is 0 Å². The van der Waals surface area contributed by atoms with E-state index in [2.05, 4.69) is 20.4 Å². The lowest BCUT2D eigenvalue weighted by Crippen LogP contribution is -2.43. The molecule has 15 heavy (non-hydrogen) atoms. The van der Waals surface area contributed by atoms with Crippen molar-refractivity contribution in [2.45, 2.75) is 0 Å². The number of aromatic nitrogens is 2. The third-order valence-corrected chi connectivity index (χ3v) is 2.00. The maximum Gasteiger partial charge on any atom is 0.151 e. The number of piperazine rings is 1. The van der Waals surface area contributed by atoms with E-state index in [1.165, 1.54) is 0 Å². The summed E-state index contributed by atoms with van der Waals surface area (Å²) in [6.07, 6.45) is 1.70. The van der Waals surface area contributed by atoms with Gasteiger partial charge in [-0.05, 0) is 12.1 Å².